The van der Waals surface area contributed by atoms with Crippen LogP contribution >= 0.6 is 11.6 Å². The van der Waals surface area contributed by atoms with E-state index in [0.29, 0.717) is 36.6 Å². The van der Waals surface area contributed by atoms with Crippen LogP contribution in [0.15, 0.2) is 4.79 Å². The molecule has 0 atom stereocenters. The molecule has 0 aliphatic heterocycles. The molecule has 0 amide bonds. The van der Waals surface area contributed by atoms with Crippen LogP contribution in [0.25, 0.3) is 11.2 Å². The van der Waals surface area contributed by atoms with E-state index in [-0.39, 0.29) is 17.5 Å². The number of hydrogen-bond acceptors (Lipinski definition) is 5. The lowest BCUT2D eigenvalue weighted by Gasteiger charge is -2.06. The molecule has 0 aliphatic carbocycles. The van der Waals surface area contributed by atoms with Gasteiger partial charge in [0.1, 0.15) is 5.52 Å². The number of imidazole rings is 1. The number of fused-ring (bicyclic) bond motifs is 1. The van der Waals surface area contributed by atoms with Gasteiger partial charge in [-0.3, -0.25) is 4.57 Å². The quantitative estimate of drug-likeness (QED) is 0.596. The van der Waals surface area contributed by atoms with E-state index in [1.807, 2.05) is 0 Å². The van der Waals surface area contributed by atoms with E-state index < -0.39 is 0 Å². The molecule has 2 aromatic heterocycles. The van der Waals surface area contributed by atoms with Gasteiger partial charge < -0.3 is 15.5 Å². The molecule has 0 bridgehead atoms. The second kappa shape index (κ2) is 6.60. The van der Waals surface area contributed by atoms with Gasteiger partial charge in [0.25, 0.3) is 0 Å². The minimum Gasteiger partial charge on any atom is -0.463 e. The summed E-state index contributed by atoms with van der Waals surface area (Å²) in [6.45, 7) is 3.07. The molecule has 8 heteroatoms. The standard InChI is InChI=1S/C12H18ClN5O2/c1-2-3-7-20-11-16-9(14)8-10(17-11)18(6-4-5-13)12(19)15-8/h2-7H2,1H3,(H,15,19)(H2,14,16,17). The number of aryl methyl sites for hydroxylation is 1. The zero-order chi connectivity index (χ0) is 14.5. The normalized spacial score (nSPS) is 11.1. The monoisotopic (exact) mass is 299 g/mol. The summed E-state index contributed by atoms with van der Waals surface area (Å²) in [4.78, 5) is 22.8. The highest BCUT2D eigenvalue weighted by Crippen LogP contribution is 2.18. The zero-order valence-electron chi connectivity index (χ0n) is 11.4. The van der Waals surface area contributed by atoms with Crippen LogP contribution in [-0.4, -0.2) is 32.0 Å². The van der Waals surface area contributed by atoms with Crippen LogP contribution in [-0.2, 0) is 6.54 Å². The number of nitrogens with zero attached hydrogens (tertiary/aromatic N) is 3. The lowest BCUT2D eigenvalue weighted by Crippen LogP contribution is -2.17. The highest BCUT2D eigenvalue weighted by Gasteiger charge is 2.14. The Labute approximate surface area is 121 Å². The van der Waals surface area contributed by atoms with Gasteiger partial charge in [-0.25, -0.2) is 4.79 Å². The van der Waals surface area contributed by atoms with Crippen LogP contribution in [0.4, 0.5) is 5.82 Å². The minimum absolute atomic E-state index is 0.196. The minimum atomic E-state index is -0.267. The number of ether oxygens (including phenoxy) is 1. The summed E-state index contributed by atoms with van der Waals surface area (Å²) in [6.07, 6.45) is 2.60. The van der Waals surface area contributed by atoms with E-state index in [2.05, 4.69) is 21.9 Å². The first kappa shape index (κ1) is 14.6. The van der Waals surface area contributed by atoms with Gasteiger partial charge in [-0.05, 0) is 12.8 Å². The molecule has 2 rings (SSSR count). The van der Waals surface area contributed by atoms with Crippen molar-refractivity contribution in [1.82, 2.24) is 19.5 Å². The molecule has 0 fully saturated rings. The molecule has 0 aromatic carbocycles. The van der Waals surface area contributed by atoms with Gasteiger partial charge in [0, 0.05) is 12.4 Å². The number of hydrogen-bond donors (Lipinski definition) is 2. The van der Waals surface area contributed by atoms with Gasteiger partial charge in [-0.15, -0.1) is 11.6 Å². The van der Waals surface area contributed by atoms with Gasteiger partial charge in [0.2, 0.25) is 0 Å². The molecule has 0 saturated carbocycles. The van der Waals surface area contributed by atoms with Crippen molar-refractivity contribution in [3.63, 3.8) is 0 Å². The number of aromatic amines is 1. The number of halogens is 1. The number of alkyl halides is 1. The van der Waals surface area contributed by atoms with Gasteiger partial charge in [-0.1, -0.05) is 13.3 Å². The fraction of sp³-hybridized carbons (Fsp3) is 0.583. The Kier molecular flexibility index (Phi) is 4.84. The van der Waals surface area contributed by atoms with Crippen LogP contribution in [0.2, 0.25) is 0 Å². The fourth-order valence-corrected chi connectivity index (χ4v) is 1.95. The van der Waals surface area contributed by atoms with E-state index >= 15 is 0 Å². The Hall–Kier alpha value is -1.76. The third-order valence-electron chi connectivity index (χ3n) is 2.87. The van der Waals surface area contributed by atoms with Gasteiger partial charge in [0.05, 0.1) is 6.61 Å². The second-order valence-electron chi connectivity index (χ2n) is 4.42. The first-order chi connectivity index (χ1) is 9.67. The molecule has 0 spiro atoms. The average Bonchev–Trinajstić information content (AvgIpc) is 2.74. The topological polar surface area (TPSA) is 98.8 Å². The van der Waals surface area contributed by atoms with Crippen molar-refractivity contribution in [2.45, 2.75) is 32.7 Å². The Bertz CT molecular complexity index is 637. The van der Waals surface area contributed by atoms with Gasteiger partial charge in [0.15, 0.2) is 11.5 Å². The molecule has 2 aromatic rings. The van der Waals surface area contributed by atoms with Crippen molar-refractivity contribution < 1.29 is 4.74 Å². The zero-order valence-corrected chi connectivity index (χ0v) is 12.1. The Balaban J connectivity index is 2.37. The lowest BCUT2D eigenvalue weighted by molar-refractivity contribution is 0.286. The fourth-order valence-electron chi connectivity index (χ4n) is 1.83. The van der Waals surface area contributed by atoms with E-state index in [1.165, 1.54) is 4.57 Å². The van der Waals surface area contributed by atoms with Gasteiger partial charge >= 0.3 is 11.7 Å². The van der Waals surface area contributed by atoms with Crippen LogP contribution < -0.4 is 16.2 Å². The number of nitrogens with two attached hydrogens (primary N) is 1. The number of nitrogen functional groups attached to an aromatic ring is 1. The predicted octanol–water partition coefficient (Wildman–Crippen LogP) is 1.51. The third kappa shape index (κ3) is 3.04. The number of aromatic nitrogens is 4. The smallest absolute Gasteiger partial charge is 0.327 e. The summed E-state index contributed by atoms with van der Waals surface area (Å²) in [5.74, 6) is 0.683. The molecule has 0 saturated heterocycles. The second-order valence-corrected chi connectivity index (χ2v) is 4.79. The van der Waals surface area contributed by atoms with Crippen molar-refractivity contribution in [2.75, 3.05) is 18.2 Å². The lowest BCUT2D eigenvalue weighted by atomic mass is 10.4. The highest BCUT2D eigenvalue weighted by molar-refractivity contribution is 6.17. The summed E-state index contributed by atoms with van der Waals surface area (Å²) in [6, 6.07) is 0.196. The van der Waals surface area contributed by atoms with Crippen molar-refractivity contribution in [3.05, 3.63) is 10.5 Å². The average molecular weight is 300 g/mol. The van der Waals surface area contributed by atoms with E-state index in [4.69, 9.17) is 22.1 Å². The molecule has 20 heavy (non-hydrogen) atoms. The predicted molar refractivity (Wildman–Crippen MR) is 78.3 cm³/mol. The number of anilines is 1. The van der Waals surface area contributed by atoms with Crippen molar-refractivity contribution in [1.29, 1.82) is 0 Å². The van der Waals surface area contributed by atoms with Gasteiger partial charge in [-0.2, -0.15) is 9.97 Å². The summed E-state index contributed by atoms with van der Waals surface area (Å²) in [5, 5.41) is 0. The molecule has 3 N–H and O–H groups in total. The number of H-pyrrole nitrogens is 1. The van der Waals surface area contributed by atoms with Crippen molar-refractivity contribution >= 4 is 28.6 Å². The molecular weight excluding hydrogens is 282 g/mol. The van der Waals surface area contributed by atoms with Crippen molar-refractivity contribution in [2.24, 2.45) is 0 Å². The van der Waals surface area contributed by atoms with E-state index in [1.54, 1.807) is 0 Å². The Morgan fingerprint density at radius 2 is 2.20 bits per heavy atom. The number of nitrogens with one attached hydrogen (secondary N) is 1. The summed E-state index contributed by atoms with van der Waals surface area (Å²) >= 11 is 5.66. The molecule has 110 valence electrons. The maximum absolute atomic E-state index is 11.9. The van der Waals surface area contributed by atoms with Crippen LogP contribution in [0.3, 0.4) is 0 Å². The SMILES string of the molecule is CCCCOc1nc(N)c2[nH]c(=O)n(CCCCl)c2n1. The highest BCUT2D eigenvalue weighted by atomic mass is 35.5. The molecular formula is C12H18ClN5O2. The Morgan fingerprint density at radius 3 is 2.90 bits per heavy atom. The van der Waals surface area contributed by atoms with E-state index in [9.17, 15) is 4.79 Å². The molecule has 0 radical (unpaired) electrons. The number of rotatable bonds is 7. The van der Waals surface area contributed by atoms with Crippen LogP contribution in [0, 0.1) is 0 Å². The largest absolute Gasteiger partial charge is 0.463 e. The van der Waals surface area contributed by atoms with E-state index in [0.717, 1.165) is 12.8 Å². The Morgan fingerprint density at radius 1 is 1.40 bits per heavy atom. The molecule has 0 unspecified atom stereocenters. The summed E-state index contributed by atoms with van der Waals surface area (Å²) in [7, 11) is 0. The summed E-state index contributed by atoms with van der Waals surface area (Å²) < 4.78 is 6.95. The first-order valence-electron chi connectivity index (χ1n) is 6.62. The van der Waals surface area contributed by atoms with Crippen LogP contribution in [0.5, 0.6) is 6.01 Å². The van der Waals surface area contributed by atoms with Crippen molar-refractivity contribution in [3.8, 4) is 6.01 Å². The third-order valence-corrected chi connectivity index (χ3v) is 3.14. The maximum Gasteiger partial charge on any atom is 0.327 e. The molecule has 2 heterocycles. The maximum atomic E-state index is 11.9. The number of unbranched alkanes of at least 4 members (excludes halogenated alkanes) is 1. The molecule has 0 aliphatic rings. The summed E-state index contributed by atoms with van der Waals surface area (Å²) in [5.41, 5.74) is 6.46. The molecule has 7 nitrogen and oxygen atoms in total. The van der Waals surface area contributed by atoms with Crippen LogP contribution in [0.1, 0.15) is 26.2 Å². The first-order valence-corrected chi connectivity index (χ1v) is 7.15.